The molecule has 2 heterocycles. The fourth-order valence-electron chi connectivity index (χ4n) is 5.36. The molecule has 6 rings (SSSR count). The number of ether oxygens (including phenoxy) is 2. The summed E-state index contributed by atoms with van der Waals surface area (Å²) in [5.74, 6) is -0.872. The largest absolute Gasteiger partial charge is 0.460 e. The van der Waals surface area contributed by atoms with Gasteiger partial charge in [-0.1, -0.05) is 97.1 Å². The third kappa shape index (κ3) is 6.85. The van der Waals surface area contributed by atoms with Gasteiger partial charge in [-0.15, -0.1) is 0 Å². The lowest BCUT2D eigenvalue weighted by atomic mass is 10.0. The van der Waals surface area contributed by atoms with E-state index in [9.17, 15) is 9.59 Å². The summed E-state index contributed by atoms with van der Waals surface area (Å²) in [5, 5.41) is 5.39. The molecule has 0 amide bonds. The quantitative estimate of drug-likeness (QED) is 0.151. The van der Waals surface area contributed by atoms with Gasteiger partial charge in [0.2, 0.25) is 0 Å². The van der Waals surface area contributed by atoms with Crippen LogP contribution in [0.2, 0.25) is 0 Å². The van der Waals surface area contributed by atoms with Gasteiger partial charge in [0.15, 0.2) is 0 Å². The zero-order chi connectivity index (χ0) is 29.4. The zero-order valence-electron chi connectivity index (χ0n) is 23.7. The van der Waals surface area contributed by atoms with E-state index in [4.69, 9.17) is 9.47 Å². The van der Waals surface area contributed by atoms with E-state index < -0.39 is 24.0 Å². The van der Waals surface area contributed by atoms with Gasteiger partial charge in [0.25, 0.3) is 0 Å². The summed E-state index contributed by atoms with van der Waals surface area (Å²) < 4.78 is 11.6. The molecule has 0 bridgehead atoms. The molecular weight excluding hydrogens is 538 g/mol. The summed E-state index contributed by atoms with van der Waals surface area (Å²) in [7, 11) is 0. The highest BCUT2D eigenvalue weighted by atomic mass is 16.5. The molecule has 4 aromatic carbocycles. The van der Waals surface area contributed by atoms with Gasteiger partial charge in [0, 0.05) is 47.0 Å². The third-order valence-corrected chi connectivity index (χ3v) is 7.62. The Balaban J connectivity index is 1.28. The SMILES string of the molecule is O=C(OCc1ccccc1)C(Cc1c[nH]c2ccccc12)NC(Cc1c[nH]c2ccccc12)C(=O)OCc1ccccc1. The standard InChI is InChI=1S/C36H33N3O4/c40-35(42-23-25-11-3-1-4-12-25)33(19-27-21-37-31-17-9-7-15-29(27)31)39-34(36(41)43-24-26-13-5-2-6-14-26)20-28-22-38-32-18-10-8-16-30(28)32/h1-18,21-22,33-34,37-39H,19-20,23-24H2. The molecule has 0 spiro atoms. The van der Waals surface area contributed by atoms with E-state index in [0.717, 1.165) is 44.1 Å². The molecule has 0 fully saturated rings. The molecule has 0 saturated heterocycles. The molecule has 0 radical (unpaired) electrons. The molecule has 2 aromatic heterocycles. The molecular formula is C36H33N3O4. The second kappa shape index (κ2) is 13.2. The first-order valence-corrected chi connectivity index (χ1v) is 14.4. The Morgan fingerprint density at radius 3 is 1.40 bits per heavy atom. The van der Waals surface area contributed by atoms with Gasteiger partial charge in [-0.2, -0.15) is 0 Å². The van der Waals surface area contributed by atoms with Crippen LogP contribution in [0.3, 0.4) is 0 Å². The van der Waals surface area contributed by atoms with Gasteiger partial charge in [-0.3, -0.25) is 14.9 Å². The Bertz CT molecular complexity index is 1680. The summed E-state index contributed by atoms with van der Waals surface area (Å²) >= 11 is 0. The topological polar surface area (TPSA) is 96.2 Å². The van der Waals surface area contributed by atoms with Crippen LogP contribution in [0.1, 0.15) is 22.3 Å². The molecule has 7 heteroatoms. The Morgan fingerprint density at radius 2 is 0.953 bits per heavy atom. The molecule has 2 atom stereocenters. The lowest BCUT2D eigenvalue weighted by Gasteiger charge is -2.24. The summed E-state index contributed by atoms with van der Waals surface area (Å²) in [6.45, 7) is 0.272. The van der Waals surface area contributed by atoms with Crippen molar-refractivity contribution < 1.29 is 19.1 Å². The van der Waals surface area contributed by atoms with Crippen molar-refractivity contribution in [1.82, 2.24) is 15.3 Å². The van der Waals surface area contributed by atoms with E-state index in [1.54, 1.807) is 0 Å². The van der Waals surface area contributed by atoms with E-state index in [1.807, 2.05) is 122 Å². The third-order valence-electron chi connectivity index (χ3n) is 7.62. The number of carbonyl (C=O) groups is 2. The van der Waals surface area contributed by atoms with Crippen molar-refractivity contribution in [2.75, 3.05) is 0 Å². The Labute approximate surface area is 249 Å². The fourth-order valence-corrected chi connectivity index (χ4v) is 5.36. The van der Waals surface area contributed by atoms with E-state index in [0.29, 0.717) is 12.8 Å². The van der Waals surface area contributed by atoms with Crippen molar-refractivity contribution in [1.29, 1.82) is 0 Å². The molecule has 0 saturated carbocycles. The minimum Gasteiger partial charge on any atom is -0.460 e. The Morgan fingerprint density at radius 1 is 0.558 bits per heavy atom. The predicted octanol–water partition coefficient (Wildman–Crippen LogP) is 6.25. The molecule has 216 valence electrons. The molecule has 43 heavy (non-hydrogen) atoms. The molecule has 0 aliphatic heterocycles. The summed E-state index contributed by atoms with van der Waals surface area (Å²) in [6.07, 6.45) is 4.47. The second-order valence-electron chi connectivity index (χ2n) is 10.6. The lowest BCUT2D eigenvalue weighted by molar-refractivity contribution is -0.150. The van der Waals surface area contributed by atoms with Gasteiger partial charge in [0.1, 0.15) is 25.3 Å². The molecule has 2 unspecified atom stereocenters. The van der Waals surface area contributed by atoms with Crippen molar-refractivity contribution >= 4 is 33.7 Å². The van der Waals surface area contributed by atoms with Crippen molar-refractivity contribution in [2.24, 2.45) is 0 Å². The summed E-state index contributed by atoms with van der Waals surface area (Å²) in [4.78, 5) is 33.9. The van der Waals surface area contributed by atoms with Crippen LogP contribution in [-0.4, -0.2) is 34.0 Å². The van der Waals surface area contributed by atoms with Gasteiger partial charge < -0.3 is 19.4 Å². The molecule has 6 aromatic rings. The van der Waals surface area contributed by atoms with E-state index >= 15 is 0 Å². The van der Waals surface area contributed by atoms with Crippen LogP contribution < -0.4 is 5.32 Å². The maximum absolute atomic E-state index is 13.7. The van der Waals surface area contributed by atoms with Crippen molar-refractivity contribution in [2.45, 2.75) is 38.1 Å². The average molecular weight is 572 g/mol. The number of benzene rings is 4. The first-order chi connectivity index (χ1) is 21.1. The number of aromatic amines is 2. The van der Waals surface area contributed by atoms with Crippen LogP contribution >= 0.6 is 0 Å². The number of rotatable bonds is 12. The molecule has 0 aliphatic carbocycles. The summed E-state index contributed by atoms with van der Waals surface area (Å²) in [5.41, 5.74) is 5.64. The first kappa shape index (κ1) is 28.0. The van der Waals surface area contributed by atoms with Crippen LogP contribution in [0, 0.1) is 0 Å². The minimum atomic E-state index is -0.803. The minimum absolute atomic E-state index is 0.136. The van der Waals surface area contributed by atoms with Gasteiger partial charge >= 0.3 is 11.9 Å². The molecule has 3 N–H and O–H groups in total. The smallest absolute Gasteiger partial charge is 0.323 e. The average Bonchev–Trinajstić information content (AvgIpc) is 3.66. The predicted molar refractivity (Wildman–Crippen MR) is 167 cm³/mol. The number of para-hydroxylation sites is 2. The second-order valence-corrected chi connectivity index (χ2v) is 10.6. The van der Waals surface area contributed by atoms with E-state index in [2.05, 4.69) is 15.3 Å². The number of hydrogen-bond acceptors (Lipinski definition) is 5. The Hall–Kier alpha value is -5.14. The normalized spacial score (nSPS) is 12.7. The maximum Gasteiger partial charge on any atom is 0.323 e. The van der Waals surface area contributed by atoms with E-state index in [1.165, 1.54) is 0 Å². The first-order valence-electron chi connectivity index (χ1n) is 14.4. The highest BCUT2D eigenvalue weighted by molar-refractivity contribution is 5.86. The highest BCUT2D eigenvalue weighted by Gasteiger charge is 2.30. The number of H-pyrrole nitrogens is 2. The van der Waals surface area contributed by atoms with Gasteiger partial charge in [0.05, 0.1) is 0 Å². The van der Waals surface area contributed by atoms with Crippen molar-refractivity contribution in [3.05, 3.63) is 144 Å². The number of hydrogen-bond donors (Lipinski definition) is 3. The number of esters is 2. The number of nitrogens with one attached hydrogen (secondary N) is 3. The monoisotopic (exact) mass is 571 g/mol. The Kier molecular flexibility index (Phi) is 8.61. The number of fused-ring (bicyclic) bond motifs is 2. The van der Waals surface area contributed by atoms with E-state index in [-0.39, 0.29) is 13.2 Å². The van der Waals surface area contributed by atoms with Crippen LogP contribution in [0.25, 0.3) is 21.8 Å². The van der Waals surface area contributed by atoms with Gasteiger partial charge in [-0.25, -0.2) is 0 Å². The van der Waals surface area contributed by atoms with Crippen molar-refractivity contribution in [3.8, 4) is 0 Å². The number of aromatic nitrogens is 2. The molecule has 0 aliphatic rings. The lowest BCUT2D eigenvalue weighted by Crippen LogP contribution is -2.50. The fraction of sp³-hybridized carbons (Fsp3) is 0.167. The van der Waals surface area contributed by atoms with Crippen LogP contribution in [0.5, 0.6) is 0 Å². The van der Waals surface area contributed by atoms with Crippen LogP contribution in [-0.2, 0) is 45.1 Å². The van der Waals surface area contributed by atoms with Crippen LogP contribution in [0.15, 0.2) is 122 Å². The molecule has 7 nitrogen and oxygen atoms in total. The highest BCUT2D eigenvalue weighted by Crippen LogP contribution is 2.22. The van der Waals surface area contributed by atoms with Gasteiger partial charge in [-0.05, 0) is 34.4 Å². The maximum atomic E-state index is 13.7. The number of carbonyl (C=O) groups excluding carboxylic acids is 2. The zero-order valence-corrected chi connectivity index (χ0v) is 23.7. The summed E-state index contributed by atoms with van der Waals surface area (Å²) in [6, 6.07) is 33.4. The van der Waals surface area contributed by atoms with Crippen LogP contribution in [0.4, 0.5) is 0 Å². The van der Waals surface area contributed by atoms with Crippen molar-refractivity contribution in [3.63, 3.8) is 0 Å².